The number of hydrogen-bond acceptors (Lipinski definition) is 2. The van der Waals surface area contributed by atoms with Crippen LogP contribution in [0.3, 0.4) is 0 Å². The number of benzene rings is 1. The molecule has 1 aromatic heterocycles. The van der Waals surface area contributed by atoms with Gasteiger partial charge in [0.05, 0.1) is 12.7 Å². The van der Waals surface area contributed by atoms with Gasteiger partial charge in [0, 0.05) is 13.1 Å². The summed E-state index contributed by atoms with van der Waals surface area (Å²) < 4.78 is 1.90. The fourth-order valence-corrected chi connectivity index (χ4v) is 2.13. The molecule has 0 saturated heterocycles. The molecule has 4 heteroatoms. The van der Waals surface area contributed by atoms with Crippen molar-refractivity contribution >= 4 is 11.6 Å². The van der Waals surface area contributed by atoms with Crippen molar-refractivity contribution in [2.75, 3.05) is 0 Å². The average molecular weight is 278 g/mol. The van der Waals surface area contributed by atoms with E-state index in [4.69, 9.17) is 11.6 Å². The zero-order valence-corrected chi connectivity index (χ0v) is 12.2. The van der Waals surface area contributed by atoms with Gasteiger partial charge in [-0.05, 0) is 25.3 Å². The van der Waals surface area contributed by atoms with Crippen LogP contribution in [0, 0.1) is 0 Å². The summed E-state index contributed by atoms with van der Waals surface area (Å²) in [6.45, 7) is 2.95. The Hall–Kier alpha value is -1.32. The van der Waals surface area contributed by atoms with E-state index in [2.05, 4.69) is 47.6 Å². The highest BCUT2D eigenvalue weighted by Crippen LogP contribution is 2.09. The second-order valence-corrected chi connectivity index (χ2v) is 5.25. The Morgan fingerprint density at radius 1 is 1.32 bits per heavy atom. The maximum atomic E-state index is 5.96. The minimum atomic E-state index is 0.454. The second kappa shape index (κ2) is 6.73. The van der Waals surface area contributed by atoms with E-state index in [1.165, 1.54) is 5.56 Å². The van der Waals surface area contributed by atoms with Crippen LogP contribution in [0.4, 0.5) is 0 Å². The van der Waals surface area contributed by atoms with Crippen LogP contribution in [-0.2, 0) is 20.0 Å². The summed E-state index contributed by atoms with van der Waals surface area (Å²) in [5, 5.41) is 4.16. The van der Waals surface area contributed by atoms with Gasteiger partial charge in [-0.2, -0.15) is 0 Å². The number of aromatic nitrogens is 2. The predicted molar refractivity (Wildman–Crippen MR) is 79.3 cm³/mol. The summed E-state index contributed by atoms with van der Waals surface area (Å²) in [5.74, 6) is 0.969. The Labute approximate surface area is 119 Å². The summed E-state index contributed by atoms with van der Waals surface area (Å²) in [6, 6.07) is 11.0. The Morgan fingerprint density at radius 3 is 2.68 bits per heavy atom. The van der Waals surface area contributed by atoms with Gasteiger partial charge in [-0.3, -0.25) is 0 Å². The van der Waals surface area contributed by atoms with E-state index in [0.717, 1.165) is 25.2 Å². The van der Waals surface area contributed by atoms with Gasteiger partial charge in [-0.25, -0.2) is 4.98 Å². The van der Waals surface area contributed by atoms with E-state index in [9.17, 15) is 0 Å². The van der Waals surface area contributed by atoms with Crippen molar-refractivity contribution in [3.05, 3.63) is 53.1 Å². The molecule has 0 aliphatic rings. The van der Waals surface area contributed by atoms with Crippen LogP contribution in [-0.4, -0.2) is 15.6 Å². The van der Waals surface area contributed by atoms with Crippen LogP contribution in [0.15, 0.2) is 36.5 Å². The predicted octanol–water partition coefficient (Wildman–Crippen LogP) is 3.18. The molecule has 0 aliphatic carbocycles. The van der Waals surface area contributed by atoms with Crippen LogP contribution in [0.25, 0.3) is 0 Å². The first-order chi connectivity index (χ1) is 9.16. The van der Waals surface area contributed by atoms with E-state index in [1.54, 1.807) is 6.20 Å². The van der Waals surface area contributed by atoms with Gasteiger partial charge in [-0.1, -0.05) is 41.9 Å². The molecule has 0 bridgehead atoms. The van der Waals surface area contributed by atoms with Gasteiger partial charge in [-0.15, -0.1) is 0 Å². The summed E-state index contributed by atoms with van der Waals surface area (Å²) >= 11 is 5.96. The lowest BCUT2D eigenvalue weighted by atomic mass is 10.1. The molecular weight excluding hydrogens is 258 g/mol. The number of nitrogens with zero attached hydrogens (tertiary/aromatic N) is 2. The molecule has 2 aromatic rings. The molecule has 1 N–H and O–H groups in total. The van der Waals surface area contributed by atoms with Crippen molar-refractivity contribution in [2.45, 2.75) is 32.4 Å². The van der Waals surface area contributed by atoms with Crippen molar-refractivity contribution < 1.29 is 0 Å². The zero-order chi connectivity index (χ0) is 13.7. The zero-order valence-electron chi connectivity index (χ0n) is 11.4. The largest absolute Gasteiger partial charge is 0.321 e. The molecule has 0 spiro atoms. The highest BCUT2D eigenvalue weighted by Gasteiger charge is 2.07. The third kappa shape index (κ3) is 4.08. The molecule has 1 heterocycles. The normalized spacial score (nSPS) is 12.6. The van der Waals surface area contributed by atoms with Crippen LogP contribution < -0.4 is 5.32 Å². The monoisotopic (exact) mass is 277 g/mol. The van der Waals surface area contributed by atoms with E-state index >= 15 is 0 Å². The van der Waals surface area contributed by atoms with Crippen LogP contribution in [0.1, 0.15) is 24.7 Å². The van der Waals surface area contributed by atoms with Crippen molar-refractivity contribution in [3.8, 4) is 0 Å². The molecule has 0 saturated carbocycles. The molecule has 0 amide bonds. The fourth-order valence-electron chi connectivity index (χ4n) is 1.98. The Balaban J connectivity index is 1.76. The molecule has 1 aromatic carbocycles. The molecular formula is C15H20ClN3. The van der Waals surface area contributed by atoms with Gasteiger partial charge in [0.2, 0.25) is 0 Å². The quantitative estimate of drug-likeness (QED) is 0.879. The molecule has 1 unspecified atom stereocenters. The molecule has 1 atom stereocenters. The van der Waals surface area contributed by atoms with Crippen LogP contribution in [0.5, 0.6) is 0 Å². The molecule has 0 fully saturated rings. The number of halogens is 1. The van der Waals surface area contributed by atoms with Crippen molar-refractivity contribution in [3.63, 3.8) is 0 Å². The number of imidazole rings is 1. The second-order valence-electron chi connectivity index (χ2n) is 4.86. The van der Waals surface area contributed by atoms with Crippen LogP contribution in [0.2, 0.25) is 5.15 Å². The Kier molecular flexibility index (Phi) is 5.00. The minimum absolute atomic E-state index is 0.454. The number of rotatable bonds is 6. The maximum absolute atomic E-state index is 5.96. The first-order valence-electron chi connectivity index (χ1n) is 6.60. The standard InChI is InChI=1S/C15H20ClN3/c1-12(8-9-13-6-4-3-5-7-13)17-11-15-18-10-14(16)19(15)2/h3-7,10,12,17H,8-9,11H2,1-2H3. The van der Waals surface area contributed by atoms with E-state index in [-0.39, 0.29) is 0 Å². The first kappa shape index (κ1) is 14.1. The highest BCUT2D eigenvalue weighted by molar-refractivity contribution is 6.29. The average Bonchev–Trinajstić information content (AvgIpc) is 2.75. The van der Waals surface area contributed by atoms with Gasteiger partial charge < -0.3 is 9.88 Å². The lowest BCUT2D eigenvalue weighted by molar-refractivity contribution is 0.499. The van der Waals surface area contributed by atoms with Gasteiger partial charge >= 0.3 is 0 Å². The van der Waals surface area contributed by atoms with Crippen LogP contribution >= 0.6 is 11.6 Å². The van der Waals surface area contributed by atoms with E-state index in [1.807, 2.05) is 11.6 Å². The highest BCUT2D eigenvalue weighted by atomic mass is 35.5. The topological polar surface area (TPSA) is 29.9 Å². The van der Waals surface area contributed by atoms with Crippen molar-refractivity contribution in [1.29, 1.82) is 0 Å². The molecule has 3 nitrogen and oxygen atoms in total. The van der Waals surface area contributed by atoms with E-state index in [0.29, 0.717) is 11.2 Å². The molecule has 2 rings (SSSR count). The molecule has 0 aliphatic heterocycles. The van der Waals surface area contributed by atoms with Crippen molar-refractivity contribution in [2.24, 2.45) is 7.05 Å². The first-order valence-corrected chi connectivity index (χ1v) is 6.98. The third-order valence-electron chi connectivity index (χ3n) is 3.35. The Morgan fingerprint density at radius 2 is 2.05 bits per heavy atom. The number of hydrogen-bond donors (Lipinski definition) is 1. The number of aryl methyl sites for hydroxylation is 1. The van der Waals surface area contributed by atoms with Gasteiger partial charge in [0.15, 0.2) is 0 Å². The number of nitrogens with one attached hydrogen (secondary N) is 1. The van der Waals surface area contributed by atoms with Gasteiger partial charge in [0.25, 0.3) is 0 Å². The summed E-state index contributed by atoms with van der Waals surface area (Å²) in [5.41, 5.74) is 1.39. The van der Waals surface area contributed by atoms with Crippen molar-refractivity contribution in [1.82, 2.24) is 14.9 Å². The summed E-state index contributed by atoms with van der Waals surface area (Å²) in [6.07, 6.45) is 3.89. The van der Waals surface area contributed by atoms with E-state index < -0.39 is 0 Å². The SMILES string of the molecule is CC(CCc1ccccc1)NCc1ncc(Cl)n1C. The summed E-state index contributed by atoms with van der Waals surface area (Å²) in [7, 11) is 1.93. The van der Waals surface area contributed by atoms with Gasteiger partial charge in [0.1, 0.15) is 11.0 Å². The fraction of sp³-hybridized carbons (Fsp3) is 0.400. The molecule has 102 valence electrons. The smallest absolute Gasteiger partial charge is 0.128 e. The Bertz CT molecular complexity index is 507. The maximum Gasteiger partial charge on any atom is 0.128 e. The summed E-state index contributed by atoms with van der Waals surface area (Å²) in [4.78, 5) is 4.27. The lowest BCUT2D eigenvalue weighted by Crippen LogP contribution is -2.27. The molecule has 19 heavy (non-hydrogen) atoms. The molecule has 0 radical (unpaired) electrons. The lowest BCUT2D eigenvalue weighted by Gasteiger charge is -2.13. The minimum Gasteiger partial charge on any atom is -0.321 e. The third-order valence-corrected chi connectivity index (χ3v) is 3.70.